The normalized spacial score (nSPS) is 15.5. The molecule has 2 nitrogen and oxygen atoms in total. The minimum absolute atomic E-state index is 0.255. The third-order valence-electron chi connectivity index (χ3n) is 8.13. The Balaban J connectivity index is 1.66. The van der Waals surface area contributed by atoms with Crippen molar-refractivity contribution in [3.63, 3.8) is 0 Å². The van der Waals surface area contributed by atoms with Gasteiger partial charge in [0.25, 0.3) is 0 Å². The zero-order valence-electron chi connectivity index (χ0n) is 28.4. The van der Waals surface area contributed by atoms with Crippen molar-refractivity contribution < 1.29 is 0 Å². The van der Waals surface area contributed by atoms with Crippen LogP contribution in [0.1, 0.15) is 69.2 Å². The quantitative estimate of drug-likeness (QED) is 0.149. The van der Waals surface area contributed by atoms with Gasteiger partial charge in [-0.15, -0.1) is 0 Å². The first kappa shape index (κ1) is 34.1. The molecule has 46 heavy (non-hydrogen) atoms. The van der Waals surface area contributed by atoms with Gasteiger partial charge in [0.15, 0.2) is 0 Å². The van der Waals surface area contributed by atoms with Crippen molar-refractivity contribution in [2.45, 2.75) is 60.8 Å². The molecule has 1 aliphatic carbocycles. The van der Waals surface area contributed by atoms with Crippen molar-refractivity contribution in [3.8, 4) is 11.3 Å². The maximum Gasteiger partial charge on any atom is 0.0737 e. The van der Waals surface area contributed by atoms with Crippen LogP contribution in [0.4, 0.5) is 5.69 Å². The number of aromatic nitrogens is 1. The van der Waals surface area contributed by atoms with Gasteiger partial charge in [0.1, 0.15) is 0 Å². The molecule has 3 aromatic rings. The molecular formula is C44H48N2. The molecule has 0 spiro atoms. The van der Waals surface area contributed by atoms with E-state index in [2.05, 4.69) is 145 Å². The van der Waals surface area contributed by atoms with Gasteiger partial charge in [-0.3, -0.25) is 9.98 Å². The van der Waals surface area contributed by atoms with E-state index in [1.54, 1.807) is 0 Å². The number of para-hydroxylation sites is 1. The van der Waals surface area contributed by atoms with Crippen LogP contribution in [0.3, 0.4) is 0 Å². The first-order chi connectivity index (χ1) is 22.3. The van der Waals surface area contributed by atoms with Gasteiger partial charge in [-0.1, -0.05) is 124 Å². The molecule has 4 rings (SSSR count). The summed E-state index contributed by atoms with van der Waals surface area (Å²) in [5.74, 6) is 0.255. The van der Waals surface area contributed by atoms with E-state index in [0.29, 0.717) is 0 Å². The largest absolute Gasteiger partial charge is 0.256 e. The molecule has 2 aromatic carbocycles. The minimum Gasteiger partial charge on any atom is -0.256 e. The highest BCUT2D eigenvalue weighted by atomic mass is 14.7. The third kappa shape index (κ3) is 9.11. The molecule has 0 N–H and O–H groups in total. The molecule has 0 fully saturated rings. The van der Waals surface area contributed by atoms with E-state index in [4.69, 9.17) is 9.98 Å². The molecule has 1 aliphatic rings. The van der Waals surface area contributed by atoms with Crippen molar-refractivity contribution in [2.75, 3.05) is 0 Å². The molecule has 1 heterocycles. The number of benzene rings is 2. The molecule has 1 atom stereocenters. The Morgan fingerprint density at radius 1 is 0.935 bits per heavy atom. The van der Waals surface area contributed by atoms with Crippen LogP contribution < -0.4 is 0 Å². The van der Waals surface area contributed by atoms with Crippen molar-refractivity contribution in [1.82, 2.24) is 4.98 Å². The van der Waals surface area contributed by atoms with Gasteiger partial charge in [-0.25, -0.2) is 0 Å². The summed E-state index contributed by atoms with van der Waals surface area (Å²) >= 11 is 0. The summed E-state index contributed by atoms with van der Waals surface area (Å²) in [6, 6.07) is 18.9. The zero-order valence-corrected chi connectivity index (χ0v) is 28.4. The van der Waals surface area contributed by atoms with Gasteiger partial charge < -0.3 is 0 Å². The maximum absolute atomic E-state index is 5.02. The second-order valence-corrected chi connectivity index (χ2v) is 11.8. The molecule has 234 valence electrons. The number of hydrogen-bond acceptors (Lipinski definition) is 2. The first-order valence-electron chi connectivity index (χ1n) is 16.5. The Kier molecular flexibility index (Phi) is 12.6. The average molecular weight is 605 g/mol. The van der Waals surface area contributed by atoms with E-state index in [-0.39, 0.29) is 5.92 Å². The van der Waals surface area contributed by atoms with Gasteiger partial charge in [0.2, 0.25) is 0 Å². The lowest BCUT2D eigenvalue weighted by Crippen LogP contribution is -2.01. The SMILES string of the molecule is C=CC(=C/C(C)/C=C/C1=CCCC=C1/C=C\C)/C(=C\CC)/C=C/c1ccc(C(C)=Nc2ccccc2C)c(-c2ncccc2C)c1. The van der Waals surface area contributed by atoms with Crippen molar-refractivity contribution in [1.29, 1.82) is 0 Å². The van der Waals surface area contributed by atoms with Crippen molar-refractivity contribution in [2.24, 2.45) is 10.9 Å². The standard InChI is InChI=1S/C44H48N2/c1-8-16-38-20-12-13-21-40(38)26-23-32(4)30-37(10-3)39(17-9-2)27-24-36-25-28-41(35(7)46-43-22-14-11-18-33(43)5)42(31-36)44-34(6)19-15-29-45-44/h8,10-11,14-32H,3,9,12-13H2,1-2,4-7H3/b16-8-,26-23+,27-24+,37-30-,39-17-,46-35?. The molecule has 0 aliphatic heterocycles. The van der Waals surface area contributed by atoms with Crippen LogP contribution >= 0.6 is 0 Å². The molecule has 0 bridgehead atoms. The highest BCUT2D eigenvalue weighted by molar-refractivity contribution is 6.06. The molecule has 0 saturated carbocycles. The summed E-state index contributed by atoms with van der Waals surface area (Å²) in [4.78, 5) is 9.81. The number of aryl methyl sites for hydroxylation is 2. The van der Waals surface area contributed by atoms with Crippen LogP contribution in [0.25, 0.3) is 17.3 Å². The molecule has 1 unspecified atom stereocenters. The molecule has 1 aromatic heterocycles. The zero-order chi connectivity index (χ0) is 32.9. The average Bonchev–Trinajstić information content (AvgIpc) is 3.06. The fraction of sp³-hybridized carbons (Fsp3) is 0.227. The van der Waals surface area contributed by atoms with Gasteiger partial charge >= 0.3 is 0 Å². The monoisotopic (exact) mass is 604 g/mol. The highest BCUT2D eigenvalue weighted by Gasteiger charge is 2.13. The van der Waals surface area contributed by atoms with Gasteiger partial charge in [-0.05, 0) is 110 Å². The smallest absolute Gasteiger partial charge is 0.0737 e. The Hall–Kier alpha value is -4.82. The predicted octanol–water partition coefficient (Wildman–Crippen LogP) is 12.4. The molecule has 0 saturated heterocycles. The van der Waals surface area contributed by atoms with Crippen LogP contribution in [0.5, 0.6) is 0 Å². The summed E-state index contributed by atoms with van der Waals surface area (Å²) in [5.41, 5.74) is 13.4. The lowest BCUT2D eigenvalue weighted by Gasteiger charge is -2.13. The topological polar surface area (TPSA) is 25.2 Å². The number of nitrogens with zero attached hydrogens (tertiary/aromatic N) is 2. The van der Waals surface area contributed by atoms with Crippen molar-refractivity contribution >= 4 is 17.5 Å². The molecule has 0 amide bonds. The molecule has 0 radical (unpaired) electrons. The van der Waals surface area contributed by atoms with Crippen LogP contribution in [0.15, 0.2) is 155 Å². The second-order valence-electron chi connectivity index (χ2n) is 11.8. The number of allylic oxidation sites excluding steroid dienone is 14. The van der Waals surface area contributed by atoms with E-state index < -0.39 is 0 Å². The summed E-state index contributed by atoms with van der Waals surface area (Å²) in [5, 5.41) is 0. The summed E-state index contributed by atoms with van der Waals surface area (Å²) in [6.07, 6.45) is 29.5. The fourth-order valence-corrected chi connectivity index (χ4v) is 5.66. The van der Waals surface area contributed by atoms with Gasteiger partial charge in [0.05, 0.1) is 11.4 Å². The highest BCUT2D eigenvalue weighted by Crippen LogP contribution is 2.30. The number of aliphatic imine (C=N–C) groups is 1. The van der Waals surface area contributed by atoms with Gasteiger partial charge in [0, 0.05) is 23.0 Å². The minimum atomic E-state index is 0.255. The lowest BCUT2D eigenvalue weighted by molar-refractivity contribution is 0.928. The van der Waals surface area contributed by atoms with E-state index in [1.165, 1.54) is 16.7 Å². The first-order valence-corrected chi connectivity index (χ1v) is 16.5. The summed E-state index contributed by atoms with van der Waals surface area (Å²) in [6.45, 7) is 17.0. The Morgan fingerprint density at radius 2 is 1.67 bits per heavy atom. The lowest BCUT2D eigenvalue weighted by atomic mass is 9.94. The predicted molar refractivity (Wildman–Crippen MR) is 202 cm³/mol. The Bertz CT molecular complexity index is 1780. The summed E-state index contributed by atoms with van der Waals surface area (Å²) in [7, 11) is 0. The van der Waals surface area contributed by atoms with E-state index in [0.717, 1.165) is 69.7 Å². The fourth-order valence-electron chi connectivity index (χ4n) is 5.66. The third-order valence-corrected chi connectivity index (χ3v) is 8.13. The Morgan fingerprint density at radius 3 is 2.37 bits per heavy atom. The molecule has 2 heteroatoms. The van der Waals surface area contributed by atoms with E-state index in [1.807, 2.05) is 30.5 Å². The molecular weight excluding hydrogens is 556 g/mol. The number of rotatable bonds is 12. The summed E-state index contributed by atoms with van der Waals surface area (Å²) < 4.78 is 0. The number of pyridine rings is 1. The van der Waals surface area contributed by atoms with Gasteiger partial charge in [-0.2, -0.15) is 0 Å². The van der Waals surface area contributed by atoms with Crippen LogP contribution in [0.2, 0.25) is 0 Å². The number of hydrogen-bond donors (Lipinski definition) is 0. The Labute approximate surface area is 277 Å². The van der Waals surface area contributed by atoms with Crippen molar-refractivity contribution in [3.05, 3.63) is 173 Å². The van der Waals surface area contributed by atoms with Crippen LogP contribution in [-0.2, 0) is 0 Å². The van der Waals surface area contributed by atoms with E-state index in [9.17, 15) is 0 Å². The van der Waals surface area contributed by atoms with Crippen LogP contribution in [-0.4, -0.2) is 10.7 Å². The maximum atomic E-state index is 5.02. The van der Waals surface area contributed by atoms with E-state index >= 15 is 0 Å². The van der Waals surface area contributed by atoms with Crippen LogP contribution in [0, 0.1) is 19.8 Å². The second kappa shape index (κ2) is 17.0.